The van der Waals surface area contributed by atoms with E-state index in [9.17, 15) is 22.8 Å². The Hall–Kier alpha value is -2.05. The van der Waals surface area contributed by atoms with Crippen molar-refractivity contribution in [1.82, 2.24) is 0 Å². The number of amides is 2. The molecule has 0 saturated heterocycles. The molecular weight excluding hydrogens is 285 g/mol. The number of anilines is 2. The van der Waals surface area contributed by atoms with Crippen molar-refractivity contribution in [3.8, 4) is 0 Å². The summed E-state index contributed by atoms with van der Waals surface area (Å²) in [6.45, 7) is 1.84. The molecule has 0 aliphatic carbocycles. The van der Waals surface area contributed by atoms with Crippen molar-refractivity contribution in [2.75, 3.05) is 16.8 Å². The van der Waals surface area contributed by atoms with Crippen LogP contribution in [0.1, 0.15) is 13.8 Å². The minimum Gasteiger partial charge on any atom is -0.324 e. The number of fused-ring (bicyclic) bond motifs is 1. The molecule has 0 fully saturated rings. The fraction of sp³-hybridized carbons (Fsp3) is 0.429. The van der Waals surface area contributed by atoms with Crippen molar-refractivity contribution in [3.05, 3.63) is 24.3 Å². The summed E-state index contributed by atoms with van der Waals surface area (Å²) >= 11 is 0. The molecule has 7 heteroatoms. The van der Waals surface area contributed by atoms with Crippen molar-refractivity contribution in [3.63, 3.8) is 0 Å². The SMILES string of the molecule is CC(C)C1C(=O)Nc2ccccc2N(CC(F)(F)F)C1=O. The van der Waals surface area contributed by atoms with Gasteiger partial charge in [0.15, 0.2) is 0 Å². The van der Waals surface area contributed by atoms with Gasteiger partial charge in [-0.2, -0.15) is 13.2 Å². The molecule has 21 heavy (non-hydrogen) atoms. The first-order valence-electron chi connectivity index (χ1n) is 6.48. The van der Waals surface area contributed by atoms with Gasteiger partial charge in [-0.05, 0) is 18.1 Å². The van der Waals surface area contributed by atoms with E-state index in [1.165, 1.54) is 18.2 Å². The van der Waals surface area contributed by atoms with E-state index < -0.39 is 36.4 Å². The normalized spacial score (nSPS) is 19.3. The zero-order valence-electron chi connectivity index (χ0n) is 11.6. The van der Waals surface area contributed by atoms with Gasteiger partial charge in [-0.3, -0.25) is 9.59 Å². The molecule has 1 aromatic rings. The fourth-order valence-electron chi connectivity index (χ4n) is 2.35. The van der Waals surface area contributed by atoms with E-state index in [4.69, 9.17) is 0 Å². The fourth-order valence-corrected chi connectivity index (χ4v) is 2.35. The lowest BCUT2D eigenvalue weighted by molar-refractivity contribution is -0.139. The number of halogens is 3. The molecule has 0 spiro atoms. The molecule has 1 aliphatic heterocycles. The summed E-state index contributed by atoms with van der Waals surface area (Å²) in [5.74, 6) is -2.95. The Morgan fingerprint density at radius 2 is 1.86 bits per heavy atom. The van der Waals surface area contributed by atoms with Crippen LogP contribution in [0.4, 0.5) is 24.5 Å². The van der Waals surface area contributed by atoms with Crippen LogP contribution in [0.2, 0.25) is 0 Å². The zero-order chi connectivity index (χ0) is 15.8. The number of alkyl halides is 3. The van der Waals surface area contributed by atoms with Gasteiger partial charge in [0.25, 0.3) is 0 Å². The van der Waals surface area contributed by atoms with Gasteiger partial charge in [-0.1, -0.05) is 26.0 Å². The Balaban J connectivity index is 2.52. The highest BCUT2D eigenvalue weighted by molar-refractivity contribution is 6.16. The van der Waals surface area contributed by atoms with Gasteiger partial charge in [0.2, 0.25) is 11.8 Å². The van der Waals surface area contributed by atoms with Crippen LogP contribution in [0.15, 0.2) is 24.3 Å². The minimum absolute atomic E-state index is 0.0660. The molecule has 1 unspecified atom stereocenters. The third-order valence-electron chi connectivity index (χ3n) is 3.27. The van der Waals surface area contributed by atoms with Gasteiger partial charge in [0, 0.05) is 0 Å². The quantitative estimate of drug-likeness (QED) is 0.854. The number of rotatable bonds is 2. The number of carbonyl (C=O) groups excluding carboxylic acids is 2. The van der Waals surface area contributed by atoms with Crippen LogP contribution < -0.4 is 10.2 Å². The number of hydrogen-bond donors (Lipinski definition) is 1. The molecule has 2 rings (SSSR count). The maximum atomic E-state index is 12.8. The van der Waals surface area contributed by atoms with Crippen LogP contribution in [0.5, 0.6) is 0 Å². The predicted octanol–water partition coefficient (Wildman–Crippen LogP) is 2.81. The van der Waals surface area contributed by atoms with Crippen molar-refractivity contribution < 1.29 is 22.8 Å². The zero-order valence-corrected chi connectivity index (χ0v) is 11.6. The Morgan fingerprint density at radius 1 is 1.24 bits per heavy atom. The third kappa shape index (κ3) is 3.17. The summed E-state index contributed by atoms with van der Waals surface area (Å²) in [5, 5.41) is 2.53. The lowest BCUT2D eigenvalue weighted by Gasteiger charge is -2.26. The van der Waals surface area contributed by atoms with E-state index in [0.717, 1.165) is 0 Å². The van der Waals surface area contributed by atoms with E-state index in [2.05, 4.69) is 5.32 Å². The maximum absolute atomic E-state index is 12.8. The van der Waals surface area contributed by atoms with Crippen LogP contribution in [-0.2, 0) is 9.59 Å². The molecule has 0 aromatic heterocycles. The summed E-state index contributed by atoms with van der Waals surface area (Å²) in [4.78, 5) is 25.1. The Labute approximate surface area is 119 Å². The van der Waals surface area contributed by atoms with E-state index in [1.54, 1.807) is 19.9 Å². The highest BCUT2D eigenvalue weighted by Crippen LogP contribution is 2.34. The van der Waals surface area contributed by atoms with Gasteiger partial charge in [0.1, 0.15) is 12.5 Å². The molecule has 1 atom stereocenters. The van der Waals surface area contributed by atoms with E-state index >= 15 is 0 Å². The average molecular weight is 300 g/mol. The van der Waals surface area contributed by atoms with Crippen LogP contribution >= 0.6 is 0 Å². The number of hydrogen-bond acceptors (Lipinski definition) is 2. The molecule has 0 bridgehead atoms. The van der Waals surface area contributed by atoms with Gasteiger partial charge in [0.05, 0.1) is 11.4 Å². The highest BCUT2D eigenvalue weighted by atomic mass is 19.4. The van der Waals surface area contributed by atoms with Crippen LogP contribution in [0.25, 0.3) is 0 Å². The average Bonchev–Trinajstić information content (AvgIpc) is 2.44. The Morgan fingerprint density at radius 3 is 2.43 bits per heavy atom. The second kappa shape index (κ2) is 5.38. The molecule has 1 aliphatic rings. The molecular formula is C14H15F3N2O2. The molecule has 2 amide bonds. The molecule has 1 aromatic carbocycles. The number of carbonyl (C=O) groups is 2. The minimum atomic E-state index is -4.54. The summed E-state index contributed by atoms with van der Waals surface area (Å²) in [6.07, 6.45) is -4.54. The lowest BCUT2D eigenvalue weighted by atomic mass is 9.93. The highest BCUT2D eigenvalue weighted by Gasteiger charge is 2.42. The smallest absolute Gasteiger partial charge is 0.324 e. The number of benzene rings is 1. The number of para-hydroxylation sites is 2. The summed E-state index contributed by atoms with van der Waals surface area (Å²) < 4.78 is 38.3. The van der Waals surface area contributed by atoms with Crippen LogP contribution in [0.3, 0.4) is 0 Å². The number of nitrogens with zero attached hydrogens (tertiary/aromatic N) is 1. The van der Waals surface area contributed by atoms with E-state index in [1.807, 2.05) is 0 Å². The van der Waals surface area contributed by atoms with Gasteiger partial charge in [-0.25, -0.2) is 0 Å². The van der Waals surface area contributed by atoms with Crippen molar-refractivity contribution >= 4 is 23.2 Å². The van der Waals surface area contributed by atoms with Gasteiger partial charge in [-0.15, -0.1) is 0 Å². The topological polar surface area (TPSA) is 49.4 Å². The Kier molecular flexibility index (Phi) is 3.93. The molecule has 0 radical (unpaired) electrons. The molecule has 114 valence electrons. The standard InChI is InChI=1S/C14H15F3N2O2/c1-8(2)11-12(20)18-9-5-3-4-6-10(9)19(13(11)21)7-14(15,16)17/h3-6,8,11H,7H2,1-2H3,(H,18,20). The first-order chi connectivity index (χ1) is 9.70. The maximum Gasteiger partial charge on any atom is 0.406 e. The number of nitrogens with one attached hydrogen (secondary N) is 1. The molecule has 1 N–H and O–H groups in total. The first kappa shape index (κ1) is 15.3. The largest absolute Gasteiger partial charge is 0.406 e. The second-order valence-corrected chi connectivity index (χ2v) is 5.27. The van der Waals surface area contributed by atoms with Crippen molar-refractivity contribution in [2.45, 2.75) is 20.0 Å². The van der Waals surface area contributed by atoms with Gasteiger partial charge >= 0.3 is 6.18 Å². The van der Waals surface area contributed by atoms with Crippen molar-refractivity contribution in [1.29, 1.82) is 0 Å². The summed E-state index contributed by atoms with van der Waals surface area (Å²) in [5.41, 5.74) is 0.277. The predicted molar refractivity (Wildman–Crippen MR) is 71.8 cm³/mol. The lowest BCUT2D eigenvalue weighted by Crippen LogP contribution is -2.45. The van der Waals surface area contributed by atoms with Crippen LogP contribution in [-0.4, -0.2) is 24.5 Å². The van der Waals surface area contributed by atoms with Gasteiger partial charge < -0.3 is 10.2 Å². The molecule has 0 saturated carbocycles. The monoisotopic (exact) mass is 300 g/mol. The summed E-state index contributed by atoms with van der Waals surface area (Å²) in [6, 6.07) is 5.98. The molecule has 1 heterocycles. The van der Waals surface area contributed by atoms with Crippen LogP contribution in [0, 0.1) is 11.8 Å². The third-order valence-corrected chi connectivity index (χ3v) is 3.27. The van der Waals surface area contributed by atoms with E-state index in [-0.39, 0.29) is 11.4 Å². The molecule has 4 nitrogen and oxygen atoms in total. The summed E-state index contributed by atoms with van der Waals surface area (Å²) in [7, 11) is 0. The second-order valence-electron chi connectivity index (χ2n) is 5.27. The Bertz CT molecular complexity index is 570. The van der Waals surface area contributed by atoms with Crippen molar-refractivity contribution in [2.24, 2.45) is 11.8 Å². The first-order valence-corrected chi connectivity index (χ1v) is 6.48. The van der Waals surface area contributed by atoms with E-state index in [0.29, 0.717) is 4.90 Å².